The summed E-state index contributed by atoms with van der Waals surface area (Å²) in [5.41, 5.74) is 1.47. The van der Waals surface area contributed by atoms with Gasteiger partial charge in [0.2, 0.25) is 0 Å². The molecule has 2 fully saturated rings. The van der Waals surface area contributed by atoms with E-state index in [-0.39, 0.29) is 0 Å². The second kappa shape index (κ2) is 7.23. The number of nitrogens with one attached hydrogen (secondary N) is 3. The molecule has 3 N–H and O–H groups in total. The fourth-order valence-corrected chi connectivity index (χ4v) is 4.40. The fraction of sp³-hybridized carbons (Fsp3) is 0.647. The number of piperidine rings is 1. The van der Waals surface area contributed by atoms with Gasteiger partial charge in [0.1, 0.15) is 32.7 Å². The van der Waals surface area contributed by atoms with Crippen molar-refractivity contribution < 1.29 is 14.7 Å². The molecule has 2 heterocycles. The van der Waals surface area contributed by atoms with Gasteiger partial charge in [-0.3, -0.25) is 0 Å². The molecule has 0 unspecified atom stereocenters. The minimum atomic E-state index is 0.935. The zero-order valence-corrected chi connectivity index (χ0v) is 14.7. The number of rotatable bonds is 3. The summed E-state index contributed by atoms with van der Waals surface area (Å²) >= 11 is 3.58. The van der Waals surface area contributed by atoms with Crippen molar-refractivity contribution >= 4 is 15.9 Å². The molecule has 2 saturated heterocycles. The second-order valence-electron chi connectivity index (χ2n) is 6.95. The maximum atomic E-state index is 3.58. The largest absolute Gasteiger partial charge is 0.331 e. The number of hydrogen-bond acceptors (Lipinski definition) is 0. The van der Waals surface area contributed by atoms with Crippen molar-refractivity contribution in [3.63, 3.8) is 0 Å². The summed E-state index contributed by atoms with van der Waals surface area (Å²) < 4.78 is 1.21. The molecule has 3 rings (SSSR count). The van der Waals surface area contributed by atoms with E-state index in [2.05, 4.69) is 47.2 Å². The first kappa shape index (κ1) is 15.5. The maximum absolute atomic E-state index is 3.58. The summed E-state index contributed by atoms with van der Waals surface area (Å²) in [6.45, 7) is 9.39. The molecule has 21 heavy (non-hydrogen) atoms. The Morgan fingerprint density at radius 2 is 1.76 bits per heavy atom. The Morgan fingerprint density at radius 3 is 2.43 bits per heavy atom. The molecule has 1 aromatic rings. The summed E-state index contributed by atoms with van der Waals surface area (Å²) in [6, 6.07) is 9.74. The first-order valence-corrected chi connectivity index (χ1v) is 9.24. The van der Waals surface area contributed by atoms with Crippen LogP contribution in [0.4, 0.5) is 0 Å². The summed E-state index contributed by atoms with van der Waals surface area (Å²) in [4.78, 5) is 5.38. The Bertz CT molecular complexity index is 449. The van der Waals surface area contributed by atoms with Crippen molar-refractivity contribution in [3.8, 4) is 0 Å². The lowest BCUT2D eigenvalue weighted by Crippen LogP contribution is -3.29. The van der Waals surface area contributed by atoms with Crippen molar-refractivity contribution in [1.29, 1.82) is 0 Å². The van der Waals surface area contributed by atoms with Gasteiger partial charge in [0, 0.05) is 22.9 Å². The van der Waals surface area contributed by atoms with Crippen molar-refractivity contribution in [2.75, 3.05) is 46.3 Å². The number of likely N-dealkylation sites (tertiary alicyclic amines) is 1. The van der Waals surface area contributed by atoms with Gasteiger partial charge in [0.15, 0.2) is 0 Å². The summed E-state index contributed by atoms with van der Waals surface area (Å²) in [7, 11) is 2.33. The van der Waals surface area contributed by atoms with Crippen LogP contribution in [0.5, 0.6) is 0 Å². The maximum Gasteiger partial charge on any atom is 0.127 e. The van der Waals surface area contributed by atoms with Crippen LogP contribution in [-0.2, 0) is 6.54 Å². The van der Waals surface area contributed by atoms with Crippen LogP contribution in [-0.4, -0.2) is 52.4 Å². The highest BCUT2D eigenvalue weighted by Crippen LogP contribution is 2.11. The van der Waals surface area contributed by atoms with E-state index < -0.39 is 0 Å². The van der Waals surface area contributed by atoms with Crippen LogP contribution < -0.4 is 14.7 Å². The molecule has 4 heteroatoms. The molecule has 0 spiro atoms. The van der Waals surface area contributed by atoms with E-state index in [1.807, 2.05) is 4.90 Å². The number of benzene rings is 1. The fourth-order valence-electron chi connectivity index (χ4n) is 3.95. The van der Waals surface area contributed by atoms with Gasteiger partial charge in [-0.05, 0) is 12.1 Å². The number of likely N-dealkylation sites (N-methyl/N-ethyl adjacent to an activating group) is 1. The van der Waals surface area contributed by atoms with Gasteiger partial charge >= 0.3 is 0 Å². The summed E-state index contributed by atoms with van der Waals surface area (Å²) in [6.07, 6.45) is 2.83. The Kier molecular flexibility index (Phi) is 5.33. The van der Waals surface area contributed by atoms with Crippen molar-refractivity contribution in [1.82, 2.24) is 0 Å². The van der Waals surface area contributed by atoms with Crippen LogP contribution in [0.25, 0.3) is 0 Å². The van der Waals surface area contributed by atoms with E-state index in [0.29, 0.717) is 0 Å². The van der Waals surface area contributed by atoms with Gasteiger partial charge < -0.3 is 14.7 Å². The van der Waals surface area contributed by atoms with Gasteiger partial charge in [-0.15, -0.1) is 0 Å². The van der Waals surface area contributed by atoms with E-state index >= 15 is 0 Å². The number of quaternary nitrogens is 3. The van der Waals surface area contributed by atoms with Crippen LogP contribution in [0.15, 0.2) is 28.7 Å². The number of piperazine rings is 1. The van der Waals surface area contributed by atoms with Gasteiger partial charge in [0.05, 0.1) is 26.2 Å². The third-order valence-corrected chi connectivity index (χ3v) is 5.85. The SMILES string of the molecule is C[NH+]1CC[NH+](C2CC[NH+](Cc3cccc(Br)c3)CC2)CC1. The highest BCUT2D eigenvalue weighted by atomic mass is 79.9. The topological polar surface area (TPSA) is 13.3 Å². The monoisotopic (exact) mass is 354 g/mol. The highest BCUT2D eigenvalue weighted by molar-refractivity contribution is 9.10. The zero-order chi connectivity index (χ0) is 14.7. The summed E-state index contributed by atoms with van der Waals surface area (Å²) in [5.74, 6) is 0. The first-order chi connectivity index (χ1) is 10.2. The quantitative estimate of drug-likeness (QED) is 0.579. The highest BCUT2D eigenvalue weighted by Gasteiger charge is 2.32. The van der Waals surface area contributed by atoms with E-state index in [9.17, 15) is 0 Å². The average molecular weight is 355 g/mol. The lowest BCUT2D eigenvalue weighted by atomic mass is 10.0. The van der Waals surface area contributed by atoms with Crippen molar-refractivity contribution in [3.05, 3.63) is 34.3 Å². The van der Waals surface area contributed by atoms with Crippen molar-refractivity contribution in [2.45, 2.75) is 25.4 Å². The Morgan fingerprint density at radius 1 is 1.05 bits per heavy atom. The van der Waals surface area contributed by atoms with Gasteiger partial charge in [-0.25, -0.2) is 0 Å². The molecular weight excluding hydrogens is 326 g/mol. The first-order valence-electron chi connectivity index (χ1n) is 8.44. The van der Waals surface area contributed by atoms with Gasteiger partial charge in [0.25, 0.3) is 0 Å². The van der Waals surface area contributed by atoms with Crippen LogP contribution in [0.1, 0.15) is 18.4 Å². The molecule has 0 bridgehead atoms. The minimum Gasteiger partial charge on any atom is -0.331 e. The standard InChI is InChI=1S/C17H26BrN3/c1-19-9-11-21(12-10-19)17-5-7-20(8-6-17)14-15-3-2-4-16(18)13-15/h2-4,13,17H,5-12,14H2,1H3/p+3. The lowest BCUT2D eigenvalue weighted by molar-refractivity contribution is -1.02. The van der Waals surface area contributed by atoms with Crippen molar-refractivity contribution in [2.24, 2.45) is 0 Å². The molecule has 2 aliphatic rings. The van der Waals surface area contributed by atoms with Crippen LogP contribution in [0.3, 0.4) is 0 Å². The molecule has 2 aliphatic heterocycles. The predicted molar refractivity (Wildman–Crippen MR) is 88.9 cm³/mol. The molecule has 0 saturated carbocycles. The predicted octanol–water partition coefficient (Wildman–Crippen LogP) is -1.59. The molecule has 116 valence electrons. The molecule has 0 aliphatic carbocycles. The third kappa shape index (κ3) is 4.28. The third-order valence-electron chi connectivity index (χ3n) is 5.36. The summed E-state index contributed by atoms with van der Waals surface area (Å²) in [5, 5.41) is 0. The van der Waals surface area contributed by atoms with E-state index in [1.54, 1.807) is 9.80 Å². The van der Waals surface area contributed by atoms with E-state index in [4.69, 9.17) is 0 Å². The van der Waals surface area contributed by atoms with Crippen LogP contribution in [0.2, 0.25) is 0 Å². The lowest BCUT2D eigenvalue weighted by Gasteiger charge is -2.37. The molecule has 3 nitrogen and oxygen atoms in total. The smallest absolute Gasteiger partial charge is 0.127 e. The normalized spacial score (nSPS) is 33.8. The Hall–Kier alpha value is -0.420. The van der Waals surface area contributed by atoms with Gasteiger partial charge in [-0.1, -0.05) is 28.1 Å². The average Bonchev–Trinajstić information content (AvgIpc) is 2.49. The molecule has 0 radical (unpaired) electrons. The van der Waals surface area contributed by atoms with Gasteiger partial charge in [-0.2, -0.15) is 0 Å². The Balaban J connectivity index is 1.47. The minimum absolute atomic E-state index is 0.935. The van der Waals surface area contributed by atoms with Crippen LogP contribution >= 0.6 is 15.9 Å². The molecule has 1 aromatic carbocycles. The zero-order valence-electron chi connectivity index (χ0n) is 13.1. The molecular formula is C17H29BrN3+3. The van der Waals surface area contributed by atoms with Crippen LogP contribution in [0, 0.1) is 0 Å². The molecule has 0 amide bonds. The number of halogens is 1. The number of hydrogen-bond donors (Lipinski definition) is 3. The second-order valence-corrected chi connectivity index (χ2v) is 7.86. The molecule has 0 aromatic heterocycles. The van der Waals surface area contributed by atoms with E-state index in [1.165, 1.54) is 68.7 Å². The Labute approximate surface area is 137 Å². The van der Waals surface area contributed by atoms with E-state index in [0.717, 1.165) is 6.04 Å². The molecule has 0 atom stereocenters.